The van der Waals surface area contributed by atoms with Crippen LogP contribution in [0.3, 0.4) is 0 Å². The average Bonchev–Trinajstić information content (AvgIpc) is 2.01. The third kappa shape index (κ3) is 2.71. The molecule has 1 aromatic rings. The van der Waals surface area contributed by atoms with Gasteiger partial charge in [0.05, 0.1) is 6.10 Å². The van der Waals surface area contributed by atoms with Gasteiger partial charge in [0.1, 0.15) is 0 Å². The maximum absolute atomic E-state index is 9.25. The van der Waals surface area contributed by atoms with Gasteiger partial charge in [-0.05, 0) is 44.4 Å². The molecule has 0 aromatic heterocycles. The zero-order valence-electron chi connectivity index (χ0n) is 9.33. The number of aliphatic hydroxyl groups is 1. The average molecular weight is 190 g/mol. The van der Waals surface area contributed by atoms with Crippen LogP contribution in [0.2, 0.25) is 0 Å². The van der Waals surface area contributed by atoms with Gasteiger partial charge in [0.2, 0.25) is 0 Å². The van der Waals surface area contributed by atoms with Crippen molar-refractivity contribution in [3.05, 3.63) is 41.0 Å². The zero-order valence-corrected chi connectivity index (χ0v) is 9.33. The molecule has 1 nitrogen and oxygen atoms in total. The van der Waals surface area contributed by atoms with Crippen molar-refractivity contribution in [3.63, 3.8) is 0 Å². The van der Waals surface area contributed by atoms with Crippen LogP contribution in [-0.2, 0) is 0 Å². The van der Waals surface area contributed by atoms with Crippen molar-refractivity contribution >= 4 is 5.57 Å². The second-order valence-electron chi connectivity index (χ2n) is 3.91. The van der Waals surface area contributed by atoms with Crippen LogP contribution in [0, 0.1) is 13.8 Å². The van der Waals surface area contributed by atoms with Crippen molar-refractivity contribution in [1.82, 2.24) is 0 Å². The van der Waals surface area contributed by atoms with E-state index in [1.54, 1.807) is 6.92 Å². The van der Waals surface area contributed by atoms with Crippen LogP contribution < -0.4 is 0 Å². The predicted molar refractivity (Wildman–Crippen MR) is 61.2 cm³/mol. The normalized spacial score (nSPS) is 14.2. The Bertz CT molecular complexity index is 348. The van der Waals surface area contributed by atoms with Gasteiger partial charge in [-0.25, -0.2) is 0 Å². The van der Waals surface area contributed by atoms with Crippen molar-refractivity contribution in [1.29, 1.82) is 0 Å². The molecule has 0 saturated carbocycles. The summed E-state index contributed by atoms with van der Waals surface area (Å²) in [6, 6.07) is 6.37. The maximum atomic E-state index is 9.25. The molecule has 0 heterocycles. The standard InChI is InChI=1S/C13H18O/c1-9-5-6-13(10(2)7-9)11(3)8-12(4)14/h5-8,12,14H,1-4H3/b11-8-. The summed E-state index contributed by atoms with van der Waals surface area (Å²) in [6.45, 7) is 7.99. The van der Waals surface area contributed by atoms with E-state index in [4.69, 9.17) is 0 Å². The lowest BCUT2D eigenvalue weighted by Crippen LogP contribution is -1.95. The van der Waals surface area contributed by atoms with Crippen molar-refractivity contribution in [2.45, 2.75) is 33.8 Å². The van der Waals surface area contributed by atoms with Gasteiger partial charge in [0, 0.05) is 0 Å². The van der Waals surface area contributed by atoms with E-state index >= 15 is 0 Å². The van der Waals surface area contributed by atoms with E-state index in [1.807, 2.05) is 13.0 Å². The minimum Gasteiger partial charge on any atom is -0.389 e. The molecule has 0 aliphatic rings. The molecular weight excluding hydrogens is 172 g/mol. The molecule has 14 heavy (non-hydrogen) atoms. The monoisotopic (exact) mass is 190 g/mol. The molecule has 1 atom stereocenters. The fraction of sp³-hybridized carbons (Fsp3) is 0.385. The highest BCUT2D eigenvalue weighted by molar-refractivity contribution is 5.67. The van der Waals surface area contributed by atoms with Gasteiger partial charge in [-0.3, -0.25) is 0 Å². The number of hydrogen-bond donors (Lipinski definition) is 1. The summed E-state index contributed by atoms with van der Waals surface area (Å²) in [5, 5.41) is 9.25. The molecule has 0 saturated heterocycles. The molecule has 76 valence electrons. The summed E-state index contributed by atoms with van der Waals surface area (Å²) < 4.78 is 0. The Labute approximate surface area is 86.1 Å². The van der Waals surface area contributed by atoms with Gasteiger partial charge in [-0.15, -0.1) is 0 Å². The first-order chi connectivity index (χ1) is 6.50. The highest BCUT2D eigenvalue weighted by Gasteiger charge is 2.01. The SMILES string of the molecule is C/C(=C/C(C)O)c1ccc(C)cc1C. The summed E-state index contributed by atoms with van der Waals surface area (Å²) in [5.74, 6) is 0. The quantitative estimate of drug-likeness (QED) is 0.759. The van der Waals surface area contributed by atoms with Gasteiger partial charge >= 0.3 is 0 Å². The molecule has 0 radical (unpaired) electrons. The summed E-state index contributed by atoms with van der Waals surface area (Å²) in [5.41, 5.74) is 4.89. The fourth-order valence-electron chi connectivity index (χ4n) is 1.71. The highest BCUT2D eigenvalue weighted by Crippen LogP contribution is 2.19. The Hall–Kier alpha value is -1.08. The van der Waals surface area contributed by atoms with Crippen LogP contribution in [0.5, 0.6) is 0 Å². The number of benzene rings is 1. The number of allylic oxidation sites excluding steroid dienone is 1. The van der Waals surface area contributed by atoms with E-state index in [0.29, 0.717) is 0 Å². The van der Waals surface area contributed by atoms with Gasteiger partial charge in [-0.2, -0.15) is 0 Å². The van der Waals surface area contributed by atoms with Crippen LogP contribution in [0.4, 0.5) is 0 Å². The van der Waals surface area contributed by atoms with Crippen molar-refractivity contribution in [2.75, 3.05) is 0 Å². The van der Waals surface area contributed by atoms with Crippen molar-refractivity contribution in [3.8, 4) is 0 Å². The first kappa shape index (κ1) is 11.0. The second kappa shape index (κ2) is 4.43. The lowest BCUT2D eigenvalue weighted by molar-refractivity contribution is 0.244. The van der Waals surface area contributed by atoms with E-state index in [0.717, 1.165) is 5.57 Å². The molecule has 1 aromatic carbocycles. The molecule has 1 heteroatoms. The van der Waals surface area contributed by atoms with Crippen LogP contribution in [0.1, 0.15) is 30.5 Å². The molecule has 0 amide bonds. The van der Waals surface area contributed by atoms with Gasteiger partial charge < -0.3 is 5.11 Å². The third-order valence-corrected chi connectivity index (χ3v) is 2.30. The molecule has 1 N–H and O–H groups in total. The second-order valence-corrected chi connectivity index (χ2v) is 3.91. The molecule has 0 aliphatic heterocycles. The first-order valence-corrected chi connectivity index (χ1v) is 4.95. The van der Waals surface area contributed by atoms with Gasteiger partial charge in [-0.1, -0.05) is 29.8 Å². The number of aryl methyl sites for hydroxylation is 2. The van der Waals surface area contributed by atoms with Gasteiger partial charge in [0.15, 0.2) is 0 Å². The van der Waals surface area contributed by atoms with Gasteiger partial charge in [0.25, 0.3) is 0 Å². The maximum Gasteiger partial charge on any atom is 0.0698 e. The largest absolute Gasteiger partial charge is 0.389 e. The Balaban J connectivity index is 3.07. The Kier molecular flexibility index (Phi) is 3.48. The number of hydrogen-bond acceptors (Lipinski definition) is 1. The minimum atomic E-state index is -0.379. The minimum absolute atomic E-state index is 0.379. The van der Waals surface area contributed by atoms with E-state index < -0.39 is 0 Å². The Morgan fingerprint density at radius 2 is 2.00 bits per heavy atom. The van der Waals surface area contributed by atoms with E-state index in [1.165, 1.54) is 16.7 Å². The molecule has 1 rings (SSSR count). The lowest BCUT2D eigenvalue weighted by Gasteiger charge is -2.08. The summed E-state index contributed by atoms with van der Waals surface area (Å²) in [7, 11) is 0. The summed E-state index contributed by atoms with van der Waals surface area (Å²) in [6.07, 6.45) is 1.49. The smallest absolute Gasteiger partial charge is 0.0698 e. The third-order valence-electron chi connectivity index (χ3n) is 2.30. The summed E-state index contributed by atoms with van der Waals surface area (Å²) >= 11 is 0. The van der Waals surface area contributed by atoms with E-state index in [2.05, 4.69) is 32.0 Å². The number of aliphatic hydroxyl groups excluding tert-OH is 1. The lowest BCUT2D eigenvalue weighted by atomic mass is 9.99. The highest BCUT2D eigenvalue weighted by atomic mass is 16.3. The van der Waals surface area contributed by atoms with Crippen LogP contribution in [-0.4, -0.2) is 11.2 Å². The van der Waals surface area contributed by atoms with Crippen LogP contribution >= 0.6 is 0 Å². The van der Waals surface area contributed by atoms with E-state index in [9.17, 15) is 5.11 Å². The Morgan fingerprint density at radius 1 is 1.36 bits per heavy atom. The zero-order chi connectivity index (χ0) is 10.7. The molecule has 0 bridgehead atoms. The first-order valence-electron chi connectivity index (χ1n) is 4.95. The number of rotatable bonds is 2. The Morgan fingerprint density at radius 3 is 2.50 bits per heavy atom. The summed E-state index contributed by atoms with van der Waals surface area (Å²) in [4.78, 5) is 0. The molecule has 0 spiro atoms. The fourth-order valence-corrected chi connectivity index (χ4v) is 1.71. The molecule has 0 fully saturated rings. The van der Waals surface area contributed by atoms with Crippen LogP contribution in [0.25, 0.3) is 5.57 Å². The van der Waals surface area contributed by atoms with E-state index in [-0.39, 0.29) is 6.10 Å². The molecular formula is C13H18O. The predicted octanol–water partition coefficient (Wildman–Crippen LogP) is 3.09. The van der Waals surface area contributed by atoms with Crippen molar-refractivity contribution in [2.24, 2.45) is 0 Å². The topological polar surface area (TPSA) is 20.2 Å². The molecule has 1 unspecified atom stereocenters. The van der Waals surface area contributed by atoms with Crippen LogP contribution in [0.15, 0.2) is 24.3 Å². The van der Waals surface area contributed by atoms with Crippen molar-refractivity contribution < 1.29 is 5.11 Å². The molecule has 0 aliphatic carbocycles.